The number of nitrogens with zero attached hydrogens (tertiary/aromatic N) is 2. The van der Waals surface area contributed by atoms with E-state index in [1.54, 1.807) is 18.3 Å². The van der Waals surface area contributed by atoms with Gasteiger partial charge in [-0.3, -0.25) is 9.59 Å². The second-order valence-corrected chi connectivity index (χ2v) is 7.81. The number of piperidine rings is 1. The van der Waals surface area contributed by atoms with E-state index in [0.717, 1.165) is 24.5 Å². The van der Waals surface area contributed by atoms with Gasteiger partial charge in [0, 0.05) is 37.0 Å². The number of carbonyl (C=O) groups excluding carboxylic acids is 2. The van der Waals surface area contributed by atoms with Crippen LogP contribution in [0.2, 0.25) is 0 Å². The smallest absolute Gasteiger partial charge is 0.251 e. The minimum atomic E-state index is -0.599. The van der Waals surface area contributed by atoms with Crippen LogP contribution >= 0.6 is 0 Å². The molecule has 29 heavy (non-hydrogen) atoms. The second-order valence-electron chi connectivity index (χ2n) is 7.81. The molecule has 0 spiro atoms. The van der Waals surface area contributed by atoms with E-state index >= 15 is 0 Å². The number of carbonyl (C=O) groups is 2. The summed E-state index contributed by atoms with van der Waals surface area (Å²) < 4.78 is 0. The van der Waals surface area contributed by atoms with Gasteiger partial charge in [0.15, 0.2) is 0 Å². The SMILES string of the molecule is CC(C)C(NC(=O)c1ccccc1)C(=O)NCc1cccnc1N1CCCCC1. The number of rotatable bonds is 7. The Labute approximate surface area is 172 Å². The number of aromatic nitrogens is 1. The summed E-state index contributed by atoms with van der Waals surface area (Å²) in [6.07, 6.45) is 5.39. The van der Waals surface area contributed by atoms with Crippen LogP contribution in [-0.2, 0) is 11.3 Å². The molecular formula is C23H30N4O2. The van der Waals surface area contributed by atoms with Crippen molar-refractivity contribution in [2.75, 3.05) is 18.0 Å². The summed E-state index contributed by atoms with van der Waals surface area (Å²) in [6.45, 7) is 6.25. The van der Waals surface area contributed by atoms with Crippen molar-refractivity contribution >= 4 is 17.6 Å². The van der Waals surface area contributed by atoms with Crippen LogP contribution in [0.25, 0.3) is 0 Å². The Morgan fingerprint density at radius 1 is 1.03 bits per heavy atom. The van der Waals surface area contributed by atoms with E-state index in [2.05, 4.69) is 20.5 Å². The Morgan fingerprint density at radius 3 is 2.45 bits per heavy atom. The van der Waals surface area contributed by atoms with Crippen molar-refractivity contribution in [2.24, 2.45) is 5.92 Å². The molecule has 1 atom stereocenters. The highest BCUT2D eigenvalue weighted by molar-refractivity contribution is 5.97. The van der Waals surface area contributed by atoms with Gasteiger partial charge in [0.2, 0.25) is 5.91 Å². The average molecular weight is 395 g/mol. The monoisotopic (exact) mass is 394 g/mol. The van der Waals surface area contributed by atoms with Crippen LogP contribution in [0.5, 0.6) is 0 Å². The van der Waals surface area contributed by atoms with Gasteiger partial charge in [0.05, 0.1) is 0 Å². The van der Waals surface area contributed by atoms with Crippen molar-refractivity contribution in [2.45, 2.75) is 45.7 Å². The zero-order chi connectivity index (χ0) is 20.6. The summed E-state index contributed by atoms with van der Waals surface area (Å²) >= 11 is 0. The summed E-state index contributed by atoms with van der Waals surface area (Å²) in [4.78, 5) is 32.2. The first kappa shape index (κ1) is 20.8. The number of amides is 2. The average Bonchev–Trinajstić information content (AvgIpc) is 2.77. The van der Waals surface area contributed by atoms with E-state index in [4.69, 9.17) is 0 Å². The highest BCUT2D eigenvalue weighted by Crippen LogP contribution is 2.21. The van der Waals surface area contributed by atoms with Gasteiger partial charge in [-0.2, -0.15) is 0 Å². The van der Waals surface area contributed by atoms with Crippen LogP contribution in [-0.4, -0.2) is 35.9 Å². The number of hydrogen-bond donors (Lipinski definition) is 2. The van der Waals surface area contributed by atoms with Gasteiger partial charge in [-0.25, -0.2) is 4.98 Å². The van der Waals surface area contributed by atoms with Crippen LogP contribution in [0.15, 0.2) is 48.7 Å². The quantitative estimate of drug-likeness (QED) is 0.757. The first-order chi connectivity index (χ1) is 14.1. The van der Waals surface area contributed by atoms with Gasteiger partial charge in [-0.15, -0.1) is 0 Å². The minimum absolute atomic E-state index is 0.0295. The van der Waals surface area contributed by atoms with Crippen molar-refractivity contribution in [3.8, 4) is 0 Å². The number of hydrogen-bond acceptors (Lipinski definition) is 4. The summed E-state index contributed by atoms with van der Waals surface area (Å²) in [5, 5.41) is 5.87. The first-order valence-corrected chi connectivity index (χ1v) is 10.4. The lowest BCUT2D eigenvalue weighted by Gasteiger charge is -2.29. The lowest BCUT2D eigenvalue weighted by atomic mass is 10.0. The third-order valence-corrected chi connectivity index (χ3v) is 5.25. The highest BCUT2D eigenvalue weighted by Gasteiger charge is 2.25. The van der Waals surface area contributed by atoms with Crippen LogP contribution < -0.4 is 15.5 Å². The Kier molecular flexibility index (Phi) is 7.22. The minimum Gasteiger partial charge on any atom is -0.356 e. The van der Waals surface area contributed by atoms with Gasteiger partial charge in [0.25, 0.3) is 5.91 Å². The molecule has 1 aliphatic rings. The Morgan fingerprint density at radius 2 is 1.76 bits per heavy atom. The van der Waals surface area contributed by atoms with Crippen molar-refractivity contribution in [1.29, 1.82) is 0 Å². The van der Waals surface area contributed by atoms with Crippen molar-refractivity contribution in [3.63, 3.8) is 0 Å². The summed E-state index contributed by atoms with van der Waals surface area (Å²) in [7, 11) is 0. The Hall–Kier alpha value is -2.89. The van der Waals surface area contributed by atoms with Crippen molar-refractivity contribution < 1.29 is 9.59 Å². The van der Waals surface area contributed by atoms with E-state index in [-0.39, 0.29) is 17.7 Å². The zero-order valence-electron chi connectivity index (χ0n) is 17.2. The lowest BCUT2D eigenvalue weighted by Crippen LogP contribution is -2.49. The van der Waals surface area contributed by atoms with Gasteiger partial charge in [-0.1, -0.05) is 38.1 Å². The molecule has 1 aromatic heterocycles. The lowest BCUT2D eigenvalue weighted by molar-refractivity contribution is -0.124. The maximum Gasteiger partial charge on any atom is 0.251 e. The van der Waals surface area contributed by atoms with Crippen LogP contribution in [0.1, 0.15) is 49.0 Å². The molecule has 2 amide bonds. The topological polar surface area (TPSA) is 74.3 Å². The molecule has 0 bridgehead atoms. The van der Waals surface area contributed by atoms with Crippen molar-refractivity contribution in [1.82, 2.24) is 15.6 Å². The summed E-state index contributed by atoms with van der Waals surface area (Å²) in [5.41, 5.74) is 1.55. The zero-order valence-corrected chi connectivity index (χ0v) is 17.2. The molecule has 1 fully saturated rings. The summed E-state index contributed by atoms with van der Waals surface area (Å²) in [6, 6.07) is 12.3. The van der Waals surface area contributed by atoms with Gasteiger partial charge >= 0.3 is 0 Å². The molecule has 6 nitrogen and oxygen atoms in total. The number of anilines is 1. The number of nitrogens with one attached hydrogen (secondary N) is 2. The van der Waals surface area contributed by atoms with Crippen LogP contribution in [0.3, 0.4) is 0 Å². The third kappa shape index (κ3) is 5.56. The van der Waals surface area contributed by atoms with Gasteiger partial charge in [-0.05, 0) is 43.4 Å². The van der Waals surface area contributed by atoms with E-state index in [9.17, 15) is 9.59 Å². The molecule has 1 aliphatic heterocycles. The molecule has 6 heteroatoms. The highest BCUT2D eigenvalue weighted by atomic mass is 16.2. The predicted molar refractivity (Wildman–Crippen MR) is 115 cm³/mol. The molecule has 2 heterocycles. The molecule has 3 rings (SSSR count). The van der Waals surface area contributed by atoms with Gasteiger partial charge in [0.1, 0.15) is 11.9 Å². The molecular weight excluding hydrogens is 364 g/mol. The number of benzene rings is 1. The standard InChI is InChI=1S/C23H30N4O2/c1-17(2)20(26-22(28)18-10-5-3-6-11-18)23(29)25-16-19-12-9-13-24-21(19)27-14-7-4-8-15-27/h3,5-6,9-13,17,20H,4,7-8,14-16H2,1-2H3,(H,25,29)(H,26,28). The van der Waals surface area contributed by atoms with E-state index < -0.39 is 6.04 Å². The molecule has 1 unspecified atom stereocenters. The third-order valence-electron chi connectivity index (χ3n) is 5.25. The van der Waals surface area contributed by atoms with E-state index in [0.29, 0.717) is 12.1 Å². The van der Waals surface area contributed by atoms with E-state index in [1.165, 1.54) is 19.3 Å². The molecule has 0 saturated carbocycles. The predicted octanol–water partition coefficient (Wildman–Crippen LogP) is 3.14. The molecule has 0 radical (unpaired) electrons. The second kappa shape index (κ2) is 10.0. The summed E-state index contributed by atoms with van der Waals surface area (Å²) in [5.74, 6) is 0.493. The van der Waals surface area contributed by atoms with E-state index in [1.807, 2.05) is 44.2 Å². The number of pyridine rings is 1. The molecule has 2 N–H and O–H groups in total. The largest absolute Gasteiger partial charge is 0.356 e. The molecule has 2 aromatic rings. The van der Waals surface area contributed by atoms with Crippen LogP contribution in [0, 0.1) is 5.92 Å². The fraction of sp³-hybridized carbons (Fsp3) is 0.435. The Bertz CT molecular complexity index is 817. The fourth-order valence-electron chi connectivity index (χ4n) is 3.60. The van der Waals surface area contributed by atoms with Gasteiger partial charge < -0.3 is 15.5 Å². The maximum absolute atomic E-state index is 12.9. The normalized spacial score (nSPS) is 15.1. The molecule has 0 aliphatic carbocycles. The molecule has 154 valence electrons. The fourth-order valence-corrected chi connectivity index (χ4v) is 3.60. The van der Waals surface area contributed by atoms with Crippen LogP contribution in [0.4, 0.5) is 5.82 Å². The first-order valence-electron chi connectivity index (χ1n) is 10.4. The molecule has 1 saturated heterocycles. The van der Waals surface area contributed by atoms with Crippen molar-refractivity contribution in [3.05, 3.63) is 59.8 Å². The molecule has 1 aromatic carbocycles. The maximum atomic E-state index is 12.9. The Balaban J connectivity index is 1.64.